The van der Waals surface area contributed by atoms with Gasteiger partial charge in [0.1, 0.15) is 0 Å². The second-order valence-corrected chi connectivity index (χ2v) is 18.6. The predicted octanol–water partition coefficient (Wildman–Crippen LogP) is 5.30. The van der Waals surface area contributed by atoms with E-state index in [4.69, 9.17) is 4.74 Å². The van der Waals surface area contributed by atoms with Crippen LogP contribution in [0.15, 0.2) is 30.3 Å². The van der Waals surface area contributed by atoms with E-state index >= 15 is 0 Å². The number of aliphatic hydroxyl groups excluding tert-OH is 2. The molecule has 0 unspecified atom stereocenters. The summed E-state index contributed by atoms with van der Waals surface area (Å²) in [5.41, 5.74) is 2.35. The van der Waals surface area contributed by atoms with Crippen molar-refractivity contribution in [1.82, 2.24) is 15.5 Å². The van der Waals surface area contributed by atoms with E-state index in [1.54, 1.807) is 12.1 Å². The van der Waals surface area contributed by atoms with Gasteiger partial charge >= 0.3 is 0 Å². The first-order valence-corrected chi connectivity index (χ1v) is 21.5. The Morgan fingerprint density at radius 1 is 0.857 bits per heavy atom. The highest BCUT2D eigenvalue weighted by Gasteiger charge is 2.62. The first-order valence-electron chi connectivity index (χ1n) is 21.5. The first-order chi connectivity index (χ1) is 26.9. The molecule has 2 aromatic rings. The van der Waals surface area contributed by atoms with Crippen LogP contribution < -0.4 is 15.5 Å². The van der Waals surface area contributed by atoms with Crippen molar-refractivity contribution in [1.29, 1.82) is 0 Å². The maximum atomic E-state index is 13.5. The third-order valence-corrected chi connectivity index (χ3v) is 15.9. The lowest BCUT2D eigenvalue weighted by atomic mass is 9.43. The number of aliphatic hydroxyl groups is 2. The van der Waals surface area contributed by atoms with Crippen LogP contribution in [0.25, 0.3) is 10.8 Å². The lowest BCUT2D eigenvalue weighted by Gasteiger charge is -2.62. The summed E-state index contributed by atoms with van der Waals surface area (Å²) >= 11 is 0. The molecule has 11 nitrogen and oxygen atoms in total. The SMILES string of the molecule is C[C@H](CCC(=O)NCCC(=O)NCCN1C(=O)c2cccc3c(N4CCOCC4)ccc(c23)C1=O)[C@H]1CC[C@H]2[C@@H]3[C@H](O)C[C@@H]4C[C@H](O)CC[C@]4(C)[C@H]3CC[C@]12C. The minimum absolute atomic E-state index is 0.0525. The van der Waals surface area contributed by atoms with Gasteiger partial charge in [-0.1, -0.05) is 32.9 Å². The van der Waals surface area contributed by atoms with Crippen LogP contribution in [0.5, 0.6) is 0 Å². The number of imide groups is 1. The van der Waals surface area contributed by atoms with Gasteiger partial charge < -0.3 is 30.5 Å². The van der Waals surface area contributed by atoms with Crippen molar-refractivity contribution >= 4 is 40.1 Å². The van der Waals surface area contributed by atoms with Crippen LogP contribution in [-0.2, 0) is 14.3 Å². The molecule has 4 saturated carbocycles. The molecule has 4 amide bonds. The average molecular weight is 771 g/mol. The van der Waals surface area contributed by atoms with Gasteiger partial charge in [-0.2, -0.15) is 0 Å². The summed E-state index contributed by atoms with van der Waals surface area (Å²) in [4.78, 5) is 56.2. The van der Waals surface area contributed by atoms with Crippen molar-refractivity contribution in [2.45, 2.75) is 104 Å². The maximum Gasteiger partial charge on any atom is 0.261 e. The van der Waals surface area contributed by atoms with E-state index in [0.717, 1.165) is 75.5 Å². The van der Waals surface area contributed by atoms with Crippen LogP contribution in [-0.4, -0.2) is 96.9 Å². The Kier molecular flexibility index (Phi) is 11.0. The molecule has 0 aromatic heterocycles. The quantitative estimate of drug-likeness (QED) is 0.225. The Morgan fingerprint density at radius 3 is 2.34 bits per heavy atom. The molecule has 5 fully saturated rings. The highest BCUT2D eigenvalue weighted by atomic mass is 16.5. The summed E-state index contributed by atoms with van der Waals surface area (Å²) in [6.45, 7) is 10.4. The second kappa shape index (κ2) is 15.7. The summed E-state index contributed by atoms with van der Waals surface area (Å²) in [6, 6.07) is 9.32. The number of morpholine rings is 1. The topological polar surface area (TPSA) is 149 Å². The molecular formula is C45H62N4O7. The van der Waals surface area contributed by atoms with Crippen molar-refractivity contribution in [3.05, 3.63) is 41.5 Å². The fourth-order valence-electron chi connectivity index (χ4n) is 12.9. The highest BCUT2D eigenvalue weighted by molar-refractivity contribution is 6.26. The number of anilines is 1. The number of nitrogens with one attached hydrogen (secondary N) is 2. The standard InChI is InChI=1S/C45H62N4O7/c1-27(33-9-10-34-41-35(14-17-45(33,34)3)44(2)16-13-29(50)25-28(44)26-37(41)51)7-12-38(52)46-18-15-39(53)47-19-20-49-42(54)31-6-4-5-30-36(48-21-23-56-24-22-48)11-8-32(40(30)31)43(49)55/h4-6,8,11,27-29,33-35,37,41,50-51H,7,9-10,12-26H2,1-3H3,(H,46,52)(H,47,53)/t27-,28+,29-,33-,34+,35+,37-,41+,44+,45-/m1/s1. The van der Waals surface area contributed by atoms with Gasteiger partial charge in [-0.05, 0) is 122 Å². The molecule has 2 aromatic carbocycles. The number of rotatable bonds is 11. The number of benzene rings is 2. The van der Waals surface area contributed by atoms with Crippen molar-refractivity contribution in [3.8, 4) is 0 Å². The number of ether oxygens (including phenoxy) is 1. The number of carbonyl (C=O) groups is 4. The van der Waals surface area contributed by atoms with Gasteiger partial charge in [-0.15, -0.1) is 0 Å². The number of amides is 4. The number of nitrogens with zero attached hydrogens (tertiary/aromatic N) is 2. The number of carbonyl (C=O) groups excluding carboxylic acids is 4. The van der Waals surface area contributed by atoms with Gasteiger partial charge in [-0.25, -0.2) is 0 Å². The molecule has 0 bridgehead atoms. The zero-order valence-electron chi connectivity index (χ0n) is 33.6. The normalized spacial score (nSPS) is 34.4. The van der Waals surface area contributed by atoms with E-state index < -0.39 is 0 Å². The molecule has 304 valence electrons. The molecule has 0 spiro atoms. The van der Waals surface area contributed by atoms with E-state index in [0.29, 0.717) is 71.7 Å². The molecule has 8 rings (SSSR count). The molecule has 6 aliphatic rings. The van der Waals surface area contributed by atoms with Gasteiger partial charge in [0.15, 0.2) is 0 Å². The van der Waals surface area contributed by atoms with Gasteiger partial charge in [0, 0.05) is 73.2 Å². The lowest BCUT2D eigenvalue weighted by Crippen LogP contribution is -2.58. The van der Waals surface area contributed by atoms with Crippen LogP contribution in [0.1, 0.15) is 112 Å². The molecule has 10 atom stereocenters. The van der Waals surface area contributed by atoms with E-state index in [-0.39, 0.29) is 72.7 Å². The summed E-state index contributed by atoms with van der Waals surface area (Å²) in [6.07, 6.45) is 9.03. The molecule has 56 heavy (non-hydrogen) atoms. The molecule has 2 heterocycles. The lowest BCUT2D eigenvalue weighted by molar-refractivity contribution is -0.174. The zero-order chi connectivity index (χ0) is 39.4. The third-order valence-electron chi connectivity index (χ3n) is 15.9. The summed E-state index contributed by atoms with van der Waals surface area (Å²) in [5, 5.41) is 29.3. The molecule has 0 radical (unpaired) electrons. The summed E-state index contributed by atoms with van der Waals surface area (Å²) in [7, 11) is 0. The van der Waals surface area contributed by atoms with Crippen LogP contribution in [0, 0.1) is 46.3 Å². The highest BCUT2D eigenvalue weighted by Crippen LogP contribution is 2.68. The maximum absolute atomic E-state index is 13.5. The van der Waals surface area contributed by atoms with Crippen LogP contribution >= 0.6 is 0 Å². The molecule has 2 aliphatic heterocycles. The van der Waals surface area contributed by atoms with Crippen LogP contribution in [0.3, 0.4) is 0 Å². The number of fused-ring (bicyclic) bond motifs is 5. The molecule has 4 aliphatic carbocycles. The van der Waals surface area contributed by atoms with Crippen LogP contribution in [0.4, 0.5) is 5.69 Å². The molecule has 11 heteroatoms. The average Bonchev–Trinajstić information content (AvgIpc) is 3.55. The molecular weight excluding hydrogens is 709 g/mol. The molecule has 4 N–H and O–H groups in total. The van der Waals surface area contributed by atoms with Crippen LogP contribution in [0.2, 0.25) is 0 Å². The fourth-order valence-corrected chi connectivity index (χ4v) is 12.9. The Labute approximate surface area is 331 Å². The van der Waals surface area contributed by atoms with E-state index in [9.17, 15) is 29.4 Å². The van der Waals surface area contributed by atoms with E-state index in [1.165, 1.54) is 11.3 Å². The van der Waals surface area contributed by atoms with Crippen molar-refractivity contribution < 1.29 is 34.1 Å². The van der Waals surface area contributed by atoms with Gasteiger partial charge in [0.2, 0.25) is 11.8 Å². The van der Waals surface area contributed by atoms with Gasteiger partial charge in [0.25, 0.3) is 11.8 Å². The Morgan fingerprint density at radius 2 is 1.55 bits per heavy atom. The summed E-state index contributed by atoms with van der Waals surface area (Å²) in [5.74, 6) is 1.65. The van der Waals surface area contributed by atoms with Crippen molar-refractivity contribution in [2.24, 2.45) is 46.3 Å². The minimum Gasteiger partial charge on any atom is -0.393 e. The van der Waals surface area contributed by atoms with E-state index in [1.807, 2.05) is 18.2 Å². The van der Waals surface area contributed by atoms with Crippen molar-refractivity contribution in [3.63, 3.8) is 0 Å². The third kappa shape index (κ3) is 6.93. The fraction of sp³-hybridized carbons (Fsp3) is 0.689. The minimum atomic E-state index is -0.363. The largest absolute Gasteiger partial charge is 0.393 e. The Balaban J connectivity index is 0.777. The smallest absolute Gasteiger partial charge is 0.261 e. The summed E-state index contributed by atoms with van der Waals surface area (Å²) < 4.78 is 5.51. The Bertz CT molecular complexity index is 1820. The number of hydrogen-bond donors (Lipinski definition) is 4. The number of hydrogen-bond acceptors (Lipinski definition) is 8. The predicted molar refractivity (Wildman–Crippen MR) is 214 cm³/mol. The monoisotopic (exact) mass is 770 g/mol. The van der Waals surface area contributed by atoms with E-state index in [2.05, 4.69) is 36.3 Å². The van der Waals surface area contributed by atoms with Crippen molar-refractivity contribution in [2.75, 3.05) is 50.8 Å². The Hall–Kier alpha value is -3.54. The zero-order valence-corrected chi connectivity index (χ0v) is 33.6. The molecule has 1 saturated heterocycles. The van der Waals surface area contributed by atoms with Gasteiger partial charge in [-0.3, -0.25) is 24.1 Å². The van der Waals surface area contributed by atoms with Gasteiger partial charge in [0.05, 0.1) is 25.4 Å². The second-order valence-electron chi connectivity index (χ2n) is 18.6. The first kappa shape index (κ1) is 39.3.